The summed E-state index contributed by atoms with van der Waals surface area (Å²) in [6.45, 7) is 5.88. The Morgan fingerprint density at radius 1 is 1.08 bits per heavy atom. The molecule has 2 atom stereocenters. The van der Waals surface area contributed by atoms with Crippen molar-refractivity contribution in [1.29, 1.82) is 0 Å². The highest BCUT2D eigenvalue weighted by molar-refractivity contribution is 5.97. The van der Waals surface area contributed by atoms with Crippen molar-refractivity contribution in [3.63, 3.8) is 0 Å². The van der Waals surface area contributed by atoms with Crippen molar-refractivity contribution in [2.45, 2.75) is 58.5 Å². The van der Waals surface area contributed by atoms with Crippen LogP contribution in [-0.4, -0.2) is 54.2 Å². The minimum absolute atomic E-state index is 0.0795. The molecule has 2 aromatic carbocycles. The van der Waals surface area contributed by atoms with Crippen LogP contribution in [0.5, 0.6) is 0 Å². The quantitative estimate of drug-likeness (QED) is 0.571. The summed E-state index contributed by atoms with van der Waals surface area (Å²) in [4.78, 5) is 53.4. The zero-order valence-corrected chi connectivity index (χ0v) is 22.3. The predicted octanol–water partition coefficient (Wildman–Crippen LogP) is 3.13. The molecule has 38 heavy (non-hydrogen) atoms. The standard InChI is InChI=1S/C29H37FN4O4/c1-19(2)11-14-27(36)34-17-25(22-9-5-4-6-10-22)33-28(37)20(3)32-29(38)23-16-21(12-13-24(23)30)8-7-15-31-26(35)18-34/h4-6,9-10,12-13,16,19-20,25H,7-8,11,14-15,17-18H2,1-3H3,(H,31,35)(H,32,38)(H,33,37)/t20-,25-/m1/s1. The minimum atomic E-state index is -0.971. The van der Waals surface area contributed by atoms with E-state index in [0.29, 0.717) is 31.7 Å². The fourth-order valence-corrected chi connectivity index (χ4v) is 4.25. The first-order valence-electron chi connectivity index (χ1n) is 13.1. The number of aryl methyl sites for hydroxylation is 1. The van der Waals surface area contributed by atoms with Gasteiger partial charge in [-0.2, -0.15) is 0 Å². The van der Waals surface area contributed by atoms with Crippen molar-refractivity contribution in [2.75, 3.05) is 19.6 Å². The van der Waals surface area contributed by atoms with Crippen molar-refractivity contribution in [3.05, 3.63) is 71.0 Å². The Morgan fingerprint density at radius 2 is 1.82 bits per heavy atom. The molecule has 1 aliphatic rings. The van der Waals surface area contributed by atoms with Gasteiger partial charge in [0, 0.05) is 19.5 Å². The van der Waals surface area contributed by atoms with Crippen LogP contribution in [0.25, 0.3) is 0 Å². The van der Waals surface area contributed by atoms with Gasteiger partial charge in [0.15, 0.2) is 0 Å². The molecular weight excluding hydrogens is 487 g/mol. The lowest BCUT2D eigenvalue weighted by Gasteiger charge is -2.29. The Kier molecular flexibility index (Phi) is 10.4. The number of halogens is 1. The van der Waals surface area contributed by atoms with Gasteiger partial charge in [-0.1, -0.05) is 50.2 Å². The molecule has 204 valence electrons. The van der Waals surface area contributed by atoms with Gasteiger partial charge in [-0.25, -0.2) is 4.39 Å². The zero-order chi connectivity index (χ0) is 27.7. The molecular formula is C29H37FN4O4. The third-order valence-electron chi connectivity index (χ3n) is 6.52. The van der Waals surface area contributed by atoms with Crippen molar-refractivity contribution >= 4 is 23.6 Å². The van der Waals surface area contributed by atoms with Gasteiger partial charge >= 0.3 is 0 Å². The molecule has 0 saturated carbocycles. The van der Waals surface area contributed by atoms with E-state index in [1.807, 2.05) is 44.2 Å². The van der Waals surface area contributed by atoms with Crippen LogP contribution in [0, 0.1) is 11.7 Å². The average molecular weight is 525 g/mol. The molecule has 0 radical (unpaired) electrons. The molecule has 3 N–H and O–H groups in total. The lowest BCUT2D eigenvalue weighted by Crippen LogP contribution is -2.49. The molecule has 0 saturated heterocycles. The summed E-state index contributed by atoms with van der Waals surface area (Å²) in [7, 11) is 0. The Morgan fingerprint density at radius 3 is 2.53 bits per heavy atom. The monoisotopic (exact) mass is 524 g/mol. The van der Waals surface area contributed by atoms with E-state index in [0.717, 1.165) is 11.1 Å². The van der Waals surface area contributed by atoms with Crippen molar-refractivity contribution < 1.29 is 23.6 Å². The maximum Gasteiger partial charge on any atom is 0.254 e. The second-order valence-corrected chi connectivity index (χ2v) is 10.1. The third kappa shape index (κ3) is 8.39. The predicted molar refractivity (Wildman–Crippen MR) is 143 cm³/mol. The van der Waals surface area contributed by atoms with Crippen LogP contribution < -0.4 is 16.0 Å². The maximum absolute atomic E-state index is 14.4. The van der Waals surface area contributed by atoms with E-state index in [-0.39, 0.29) is 36.9 Å². The van der Waals surface area contributed by atoms with Gasteiger partial charge in [-0.15, -0.1) is 0 Å². The van der Waals surface area contributed by atoms with Crippen LogP contribution in [0.2, 0.25) is 0 Å². The topological polar surface area (TPSA) is 108 Å². The summed E-state index contributed by atoms with van der Waals surface area (Å²) >= 11 is 0. The fraction of sp³-hybridized carbons (Fsp3) is 0.448. The molecule has 0 aromatic heterocycles. The van der Waals surface area contributed by atoms with Crippen molar-refractivity contribution in [3.8, 4) is 0 Å². The van der Waals surface area contributed by atoms with E-state index in [1.165, 1.54) is 24.0 Å². The summed E-state index contributed by atoms with van der Waals surface area (Å²) in [6.07, 6.45) is 2.05. The number of fused-ring (bicyclic) bond motifs is 2. The van der Waals surface area contributed by atoms with Gasteiger partial charge in [0.05, 0.1) is 18.2 Å². The van der Waals surface area contributed by atoms with E-state index in [2.05, 4.69) is 16.0 Å². The van der Waals surface area contributed by atoms with E-state index in [9.17, 15) is 23.6 Å². The van der Waals surface area contributed by atoms with Gasteiger partial charge in [-0.3, -0.25) is 19.2 Å². The molecule has 8 nitrogen and oxygen atoms in total. The van der Waals surface area contributed by atoms with Crippen LogP contribution in [0.15, 0.2) is 48.5 Å². The first kappa shape index (κ1) is 28.8. The van der Waals surface area contributed by atoms with Gasteiger partial charge in [0.2, 0.25) is 17.7 Å². The Balaban J connectivity index is 1.91. The van der Waals surface area contributed by atoms with Crippen molar-refractivity contribution in [2.24, 2.45) is 5.92 Å². The number of benzene rings is 2. The Hall–Kier alpha value is -3.75. The van der Waals surface area contributed by atoms with Crippen LogP contribution >= 0.6 is 0 Å². The average Bonchev–Trinajstić information content (AvgIpc) is 2.89. The molecule has 2 bridgehead atoms. The zero-order valence-electron chi connectivity index (χ0n) is 22.3. The Labute approximate surface area is 223 Å². The normalized spacial score (nSPS) is 19.8. The smallest absolute Gasteiger partial charge is 0.254 e. The van der Waals surface area contributed by atoms with Gasteiger partial charge in [0.1, 0.15) is 11.9 Å². The van der Waals surface area contributed by atoms with Crippen LogP contribution in [-0.2, 0) is 20.8 Å². The molecule has 0 spiro atoms. The molecule has 1 heterocycles. The van der Waals surface area contributed by atoms with E-state index < -0.39 is 29.7 Å². The molecule has 9 heteroatoms. The van der Waals surface area contributed by atoms with E-state index in [4.69, 9.17) is 0 Å². The first-order valence-corrected chi connectivity index (χ1v) is 13.1. The lowest BCUT2D eigenvalue weighted by molar-refractivity contribution is -0.137. The van der Waals surface area contributed by atoms with Crippen LogP contribution in [0.4, 0.5) is 4.39 Å². The highest BCUT2D eigenvalue weighted by Crippen LogP contribution is 2.17. The summed E-state index contributed by atoms with van der Waals surface area (Å²) in [5.74, 6) is -2.01. The second-order valence-electron chi connectivity index (χ2n) is 10.1. The number of hydrogen-bond donors (Lipinski definition) is 3. The summed E-state index contributed by atoms with van der Waals surface area (Å²) in [6, 6.07) is 11.8. The summed E-state index contributed by atoms with van der Waals surface area (Å²) in [5.41, 5.74) is 1.34. The van der Waals surface area contributed by atoms with Crippen molar-refractivity contribution in [1.82, 2.24) is 20.9 Å². The minimum Gasteiger partial charge on any atom is -0.355 e. The van der Waals surface area contributed by atoms with E-state index in [1.54, 1.807) is 6.07 Å². The number of amides is 4. The summed E-state index contributed by atoms with van der Waals surface area (Å²) in [5, 5.41) is 8.34. The molecule has 0 fully saturated rings. The molecule has 3 rings (SSSR count). The number of nitrogens with zero attached hydrogens (tertiary/aromatic N) is 1. The highest BCUT2D eigenvalue weighted by Gasteiger charge is 2.27. The fourth-order valence-electron chi connectivity index (χ4n) is 4.25. The maximum atomic E-state index is 14.4. The molecule has 0 aliphatic carbocycles. The van der Waals surface area contributed by atoms with E-state index >= 15 is 0 Å². The number of carbonyl (C=O) groups is 4. The SMILES string of the molecule is CC(C)CCC(=O)N1CC(=O)NCCCc2ccc(F)c(c2)C(=O)N[C@H](C)C(=O)N[C@@H](c2ccccc2)C1. The molecule has 1 aliphatic heterocycles. The number of hydrogen-bond acceptors (Lipinski definition) is 4. The number of nitrogens with one attached hydrogen (secondary N) is 3. The highest BCUT2D eigenvalue weighted by atomic mass is 19.1. The van der Waals surface area contributed by atoms with Crippen LogP contribution in [0.1, 0.15) is 67.6 Å². The summed E-state index contributed by atoms with van der Waals surface area (Å²) < 4.78 is 14.4. The van der Waals surface area contributed by atoms with Gasteiger partial charge in [-0.05, 0) is 55.4 Å². The number of rotatable bonds is 4. The Bertz CT molecular complexity index is 1140. The molecule has 2 aromatic rings. The molecule has 4 amide bonds. The largest absolute Gasteiger partial charge is 0.355 e. The number of carbonyl (C=O) groups excluding carboxylic acids is 4. The lowest BCUT2D eigenvalue weighted by atomic mass is 10.0. The first-order chi connectivity index (χ1) is 18.1. The third-order valence-corrected chi connectivity index (χ3v) is 6.52. The van der Waals surface area contributed by atoms with Crippen LogP contribution in [0.3, 0.4) is 0 Å². The molecule has 0 unspecified atom stereocenters. The second kappa shape index (κ2) is 13.7. The van der Waals surface area contributed by atoms with Gasteiger partial charge < -0.3 is 20.9 Å². The van der Waals surface area contributed by atoms with Gasteiger partial charge in [0.25, 0.3) is 5.91 Å².